The van der Waals surface area contributed by atoms with Crippen LogP contribution >= 0.6 is 0 Å². The molecular weight excluding hydrogens is 576 g/mol. The van der Waals surface area contributed by atoms with Crippen LogP contribution in [0.1, 0.15) is 39.7 Å². The minimum atomic E-state index is -3.98. The molecule has 1 aromatic rings. The Bertz CT molecular complexity index is 1260. The molecule has 1 aliphatic heterocycles. The smallest absolute Gasteiger partial charge is 0.303 e. The lowest BCUT2D eigenvalue weighted by Gasteiger charge is -2.44. The summed E-state index contributed by atoms with van der Waals surface area (Å²) in [6.07, 6.45) is -5.36. The van der Waals surface area contributed by atoms with Gasteiger partial charge in [-0.3, -0.25) is 28.9 Å². The molecule has 0 spiro atoms. The number of amidine groups is 1. The number of aliphatic imine (C=N–C) groups is 1. The fourth-order valence-corrected chi connectivity index (χ4v) is 4.95. The van der Waals surface area contributed by atoms with Gasteiger partial charge in [-0.1, -0.05) is 23.8 Å². The number of benzene rings is 1. The summed E-state index contributed by atoms with van der Waals surface area (Å²) in [4.78, 5) is 51.5. The lowest BCUT2D eigenvalue weighted by molar-refractivity contribution is -0.307. The largest absolute Gasteiger partial charge is 0.463 e. The molecule has 0 saturated carbocycles. The average Bonchev–Trinajstić information content (AvgIpc) is 2.88. The van der Waals surface area contributed by atoms with Gasteiger partial charge in [0.05, 0.1) is 18.0 Å². The SMILES string of the molecule is C=CCN=C(CCO[C@@H]1O[C@H](COC(C)=O)[C@@H](OC(C)=O)[C@H](OC(C)=O)[C@H]1OC(C)=O)NS(=O)(=O)c1ccc(C)cc1. The third-order valence-corrected chi connectivity index (χ3v) is 6.96. The summed E-state index contributed by atoms with van der Waals surface area (Å²) in [5.74, 6) is -2.95. The number of nitrogens with one attached hydrogen (secondary N) is 1. The van der Waals surface area contributed by atoms with Gasteiger partial charge in [-0.15, -0.1) is 6.58 Å². The van der Waals surface area contributed by atoms with Crippen LogP contribution in [0.3, 0.4) is 0 Å². The molecule has 232 valence electrons. The number of sulfonamides is 1. The Balaban J connectivity index is 2.31. The maximum atomic E-state index is 12.9. The molecule has 1 N–H and O–H groups in total. The molecule has 15 heteroatoms. The van der Waals surface area contributed by atoms with Gasteiger partial charge in [0.2, 0.25) is 0 Å². The summed E-state index contributed by atoms with van der Waals surface area (Å²) in [5, 5.41) is 0. The van der Waals surface area contributed by atoms with E-state index in [4.69, 9.17) is 28.4 Å². The fourth-order valence-electron chi connectivity index (χ4n) is 3.86. The summed E-state index contributed by atoms with van der Waals surface area (Å²) < 4.78 is 61.1. The zero-order valence-electron chi connectivity index (χ0n) is 24.1. The predicted molar refractivity (Wildman–Crippen MR) is 147 cm³/mol. The van der Waals surface area contributed by atoms with Crippen molar-refractivity contribution < 1.29 is 56.0 Å². The standard InChI is InChI=1S/C27H36N2O12S/c1-7-13-28-23(29-42(34,35)21-10-8-16(2)9-11-21)12-14-36-27-26(40-20(6)33)25(39-19(5)32)24(38-18(4)31)22(41-27)15-37-17(3)30/h7-11,22,24-27H,1,12-15H2,2-6H3,(H,28,29)/t22-,24-,25+,26-,27-/m1/s1. The van der Waals surface area contributed by atoms with E-state index in [1.165, 1.54) is 18.2 Å². The molecule has 0 aliphatic carbocycles. The van der Waals surface area contributed by atoms with Crippen LogP contribution in [0.5, 0.6) is 0 Å². The van der Waals surface area contributed by atoms with E-state index in [9.17, 15) is 27.6 Å². The number of hydrogen-bond donors (Lipinski definition) is 1. The van der Waals surface area contributed by atoms with Crippen molar-refractivity contribution in [1.82, 2.24) is 4.72 Å². The highest BCUT2D eigenvalue weighted by molar-refractivity contribution is 7.90. The first-order valence-corrected chi connectivity index (χ1v) is 14.4. The van der Waals surface area contributed by atoms with Crippen LogP contribution in [0.25, 0.3) is 0 Å². The van der Waals surface area contributed by atoms with Gasteiger partial charge in [0, 0.05) is 34.1 Å². The van der Waals surface area contributed by atoms with Crippen molar-refractivity contribution in [1.29, 1.82) is 0 Å². The van der Waals surface area contributed by atoms with Crippen LogP contribution in [0.2, 0.25) is 0 Å². The number of aryl methyl sites for hydroxylation is 1. The van der Waals surface area contributed by atoms with E-state index in [1.54, 1.807) is 12.1 Å². The molecule has 5 atom stereocenters. The molecule has 1 fully saturated rings. The number of carbonyl (C=O) groups is 4. The number of rotatable bonds is 13. The molecule has 0 amide bonds. The normalized spacial score (nSPS) is 22.4. The van der Waals surface area contributed by atoms with Gasteiger partial charge in [0.1, 0.15) is 18.5 Å². The maximum absolute atomic E-state index is 12.9. The molecule has 1 aromatic carbocycles. The van der Waals surface area contributed by atoms with Crippen molar-refractivity contribution in [3.05, 3.63) is 42.5 Å². The second-order valence-electron chi connectivity index (χ2n) is 9.18. The topological polar surface area (TPSA) is 182 Å². The Kier molecular flexibility index (Phi) is 13.1. The van der Waals surface area contributed by atoms with Gasteiger partial charge in [-0.25, -0.2) is 8.42 Å². The Hall–Kier alpha value is -3.82. The summed E-state index contributed by atoms with van der Waals surface area (Å²) in [6.45, 7) is 9.35. The van der Waals surface area contributed by atoms with Crippen LogP contribution in [0.15, 0.2) is 46.8 Å². The van der Waals surface area contributed by atoms with E-state index in [1.807, 2.05) is 6.92 Å². The third kappa shape index (κ3) is 10.9. The Morgan fingerprint density at radius 3 is 2.05 bits per heavy atom. The van der Waals surface area contributed by atoms with Gasteiger partial charge < -0.3 is 28.4 Å². The van der Waals surface area contributed by atoms with E-state index >= 15 is 0 Å². The molecule has 14 nitrogen and oxygen atoms in total. The van der Waals surface area contributed by atoms with Gasteiger partial charge in [0.25, 0.3) is 10.0 Å². The Morgan fingerprint density at radius 1 is 0.929 bits per heavy atom. The van der Waals surface area contributed by atoms with Gasteiger partial charge in [-0.05, 0) is 19.1 Å². The fraction of sp³-hybridized carbons (Fsp3) is 0.519. The molecule has 0 bridgehead atoms. The molecule has 1 aliphatic rings. The minimum absolute atomic E-state index is 0.0277. The second-order valence-corrected chi connectivity index (χ2v) is 10.9. The lowest BCUT2D eigenvalue weighted by atomic mass is 9.98. The summed E-state index contributed by atoms with van der Waals surface area (Å²) in [6, 6.07) is 6.22. The summed E-state index contributed by atoms with van der Waals surface area (Å²) in [5.41, 5.74) is 0.882. The zero-order valence-corrected chi connectivity index (χ0v) is 24.9. The van der Waals surface area contributed by atoms with Crippen molar-refractivity contribution in [2.45, 2.75) is 76.6 Å². The van der Waals surface area contributed by atoms with E-state index in [-0.39, 0.29) is 30.3 Å². The van der Waals surface area contributed by atoms with Gasteiger partial charge >= 0.3 is 23.9 Å². The van der Waals surface area contributed by atoms with E-state index in [2.05, 4.69) is 16.3 Å². The average molecular weight is 613 g/mol. The number of hydrogen-bond acceptors (Lipinski definition) is 13. The molecular formula is C27H36N2O12S. The van der Waals surface area contributed by atoms with Crippen LogP contribution in [-0.4, -0.2) is 88.6 Å². The van der Waals surface area contributed by atoms with E-state index in [0.29, 0.717) is 0 Å². The summed E-state index contributed by atoms with van der Waals surface area (Å²) >= 11 is 0. The number of esters is 4. The van der Waals surface area contributed by atoms with Crippen molar-refractivity contribution >= 4 is 39.7 Å². The van der Waals surface area contributed by atoms with Crippen molar-refractivity contribution in [2.24, 2.45) is 4.99 Å². The first-order chi connectivity index (χ1) is 19.7. The first kappa shape index (κ1) is 34.4. The van der Waals surface area contributed by atoms with Crippen molar-refractivity contribution in [2.75, 3.05) is 19.8 Å². The molecule has 0 aromatic heterocycles. The zero-order chi connectivity index (χ0) is 31.4. The minimum Gasteiger partial charge on any atom is -0.463 e. The van der Waals surface area contributed by atoms with Crippen LogP contribution in [0, 0.1) is 6.92 Å². The number of nitrogens with zero attached hydrogens (tertiary/aromatic N) is 1. The van der Waals surface area contributed by atoms with E-state index in [0.717, 1.165) is 33.3 Å². The Labute approximate surface area is 244 Å². The maximum Gasteiger partial charge on any atom is 0.303 e. The summed E-state index contributed by atoms with van der Waals surface area (Å²) in [7, 11) is -3.98. The van der Waals surface area contributed by atoms with Gasteiger partial charge in [-0.2, -0.15) is 0 Å². The molecule has 42 heavy (non-hydrogen) atoms. The number of carbonyl (C=O) groups excluding carboxylic acids is 4. The van der Waals surface area contributed by atoms with Crippen molar-refractivity contribution in [3.8, 4) is 0 Å². The van der Waals surface area contributed by atoms with Crippen LogP contribution in [-0.2, 0) is 57.6 Å². The van der Waals surface area contributed by atoms with Crippen LogP contribution in [0.4, 0.5) is 0 Å². The second kappa shape index (κ2) is 16.0. The molecule has 1 saturated heterocycles. The highest BCUT2D eigenvalue weighted by Gasteiger charge is 2.52. The molecule has 0 unspecified atom stereocenters. The monoisotopic (exact) mass is 612 g/mol. The molecule has 2 rings (SSSR count). The van der Waals surface area contributed by atoms with E-state index < -0.39 is 71.2 Å². The van der Waals surface area contributed by atoms with Gasteiger partial charge in [0.15, 0.2) is 24.6 Å². The van der Waals surface area contributed by atoms with Crippen molar-refractivity contribution in [3.63, 3.8) is 0 Å². The quantitative estimate of drug-likeness (QED) is 0.111. The predicted octanol–water partition coefficient (Wildman–Crippen LogP) is 1.35. The molecule has 0 radical (unpaired) electrons. The molecule has 1 heterocycles. The highest BCUT2D eigenvalue weighted by atomic mass is 32.2. The van der Waals surface area contributed by atoms with Crippen LogP contribution < -0.4 is 4.72 Å². The first-order valence-electron chi connectivity index (χ1n) is 12.9. The number of ether oxygens (including phenoxy) is 6. The highest BCUT2D eigenvalue weighted by Crippen LogP contribution is 2.30. The third-order valence-electron chi connectivity index (χ3n) is 5.56. The Morgan fingerprint density at radius 2 is 1.50 bits per heavy atom. The lowest BCUT2D eigenvalue weighted by Crippen LogP contribution is -2.63.